The molecule has 0 fully saturated rings. The van der Waals surface area contributed by atoms with Gasteiger partial charge in [-0.05, 0) is 122 Å². The number of rotatable bonds is 8. The highest BCUT2D eigenvalue weighted by Crippen LogP contribution is 2.38. The van der Waals surface area contributed by atoms with Gasteiger partial charge >= 0.3 is 0 Å². The first kappa shape index (κ1) is 33.4. The summed E-state index contributed by atoms with van der Waals surface area (Å²) in [4.78, 5) is 4.84. The zero-order valence-corrected chi connectivity index (χ0v) is 31.0. The number of nitrogens with zero attached hydrogens (tertiary/aromatic N) is 2. The lowest BCUT2D eigenvalue weighted by molar-refractivity contribution is 0.767. The molecule has 0 radical (unpaired) electrons. The van der Waals surface area contributed by atoms with Gasteiger partial charge in [-0.25, -0.2) is 0 Å². The molecule has 1 aliphatic carbocycles. The molecule has 0 aromatic heterocycles. The summed E-state index contributed by atoms with van der Waals surface area (Å²) in [6, 6.07) is 72.8. The monoisotopic (exact) mass is 716 g/mol. The number of hydrogen-bond acceptors (Lipinski definition) is 2. The van der Waals surface area contributed by atoms with Crippen LogP contribution in [-0.4, -0.2) is 6.04 Å². The molecule has 0 aliphatic heterocycles. The lowest BCUT2D eigenvalue weighted by atomic mass is 9.92. The van der Waals surface area contributed by atoms with Crippen LogP contribution in [0.3, 0.4) is 0 Å². The van der Waals surface area contributed by atoms with Crippen LogP contribution in [0.5, 0.6) is 0 Å². The molecular weight excluding hydrogens is 677 g/mol. The molecule has 1 unspecified atom stereocenters. The predicted molar refractivity (Wildman–Crippen MR) is 241 cm³/mol. The van der Waals surface area contributed by atoms with Crippen LogP contribution in [0.25, 0.3) is 50.5 Å². The van der Waals surface area contributed by atoms with E-state index < -0.39 is 0 Å². The first-order chi connectivity index (χ1) is 27.7. The predicted octanol–water partition coefficient (Wildman–Crippen LogP) is 14.6. The van der Waals surface area contributed by atoms with Crippen molar-refractivity contribution in [2.45, 2.75) is 12.5 Å². The van der Waals surface area contributed by atoms with Gasteiger partial charge in [-0.3, -0.25) is 0 Å². The fraction of sp³-hybridized carbons (Fsp3) is 0.0370. The van der Waals surface area contributed by atoms with Crippen LogP contribution in [0.2, 0.25) is 0 Å². The van der Waals surface area contributed by atoms with Crippen LogP contribution in [0.4, 0.5) is 28.4 Å². The van der Waals surface area contributed by atoms with Gasteiger partial charge in [0.1, 0.15) is 0 Å². The van der Waals surface area contributed by atoms with Gasteiger partial charge in [-0.2, -0.15) is 0 Å². The molecule has 10 rings (SSSR count). The summed E-state index contributed by atoms with van der Waals surface area (Å²) in [7, 11) is 0. The van der Waals surface area contributed by atoms with E-state index in [-0.39, 0.29) is 6.04 Å². The van der Waals surface area contributed by atoms with Crippen molar-refractivity contribution in [1.29, 1.82) is 0 Å². The van der Waals surface area contributed by atoms with Gasteiger partial charge in [0.2, 0.25) is 0 Å². The Balaban J connectivity index is 0.938. The molecule has 0 saturated heterocycles. The van der Waals surface area contributed by atoms with Gasteiger partial charge in [0.05, 0.1) is 6.04 Å². The van der Waals surface area contributed by atoms with Crippen molar-refractivity contribution in [3.63, 3.8) is 0 Å². The molecule has 0 spiro atoms. The van der Waals surface area contributed by atoms with E-state index in [1.165, 1.54) is 54.8 Å². The van der Waals surface area contributed by atoms with Crippen molar-refractivity contribution in [1.82, 2.24) is 0 Å². The van der Waals surface area contributed by atoms with Gasteiger partial charge in [-0.1, -0.05) is 164 Å². The van der Waals surface area contributed by atoms with Crippen molar-refractivity contribution in [2.24, 2.45) is 0 Å². The van der Waals surface area contributed by atoms with Crippen LogP contribution < -0.4 is 9.80 Å². The molecule has 266 valence electrons. The second-order valence-corrected chi connectivity index (χ2v) is 14.6. The molecule has 9 aromatic carbocycles. The Bertz CT molecular complexity index is 2820. The van der Waals surface area contributed by atoms with E-state index in [0.29, 0.717) is 0 Å². The maximum absolute atomic E-state index is 2.49. The number of hydrogen-bond donors (Lipinski definition) is 0. The highest BCUT2D eigenvalue weighted by Gasteiger charge is 2.23. The molecule has 2 heteroatoms. The van der Waals surface area contributed by atoms with Crippen LogP contribution in [0.15, 0.2) is 206 Å². The third kappa shape index (κ3) is 6.63. The van der Waals surface area contributed by atoms with Crippen LogP contribution in [0, 0.1) is 0 Å². The average Bonchev–Trinajstić information content (AvgIpc) is 3.26. The van der Waals surface area contributed by atoms with E-state index in [1.807, 2.05) is 0 Å². The zero-order chi connectivity index (χ0) is 37.3. The quantitative estimate of drug-likeness (QED) is 0.144. The molecule has 0 bridgehead atoms. The van der Waals surface area contributed by atoms with Gasteiger partial charge < -0.3 is 9.80 Å². The average molecular weight is 717 g/mol. The van der Waals surface area contributed by atoms with E-state index in [9.17, 15) is 0 Å². The number of anilines is 5. The fourth-order valence-corrected chi connectivity index (χ4v) is 8.18. The molecule has 0 saturated carbocycles. The van der Waals surface area contributed by atoms with Crippen LogP contribution >= 0.6 is 0 Å². The minimum atomic E-state index is 0.203. The van der Waals surface area contributed by atoms with E-state index in [1.54, 1.807) is 0 Å². The maximum Gasteiger partial charge on any atom is 0.0566 e. The highest BCUT2D eigenvalue weighted by atomic mass is 15.2. The molecular formula is C54H40N2. The Labute approximate surface area is 328 Å². The Morgan fingerprint density at radius 2 is 0.804 bits per heavy atom. The molecule has 0 N–H and O–H groups in total. The van der Waals surface area contributed by atoms with E-state index in [2.05, 4.69) is 234 Å². The smallest absolute Gasteiger partial charge is 0.0566 e. The second-order valence-electron chi connectivity index (χ2n) is 14.6. The van der Waals surface area contributed by atoms with E-state index >= 15 is 0 Å². The summed E-state index contributed by atoms with van der Waals surface area (Å²) in [5, 5.41) is 7.43. The van der Waals surface area contributed by atoms with E-state index in [4.69, 9.17) is 0 Å². The molecule has 1 atom stereocenters. The van der Waals surface area contributed by atoms with Crippen molar-refractivity contribution < 1.29 is 0 Å². The van der Waals surface area contributed by atoms with Gasteiger partial charge in [0, 0.05) is 28.4 Å². The fourth-order valence-electron chi connectivity index (χ4n) is 8.18. The SMILES string of the molecule is C1=CC(N(c2ccc(/C=C/c3ccc(N(c4ccc5ccccc5c4)c4ccc5ccccc5c4)cc3)cc2)c2ccc3ccccc3c2)Cc2ccccc21. The van der Waals surface area contributed by atoms with Gasteiger partial charge in [-0.15, -0.1) is 0 Å². The highest BCUT2D eigenvalue weighted by molar-refractivity contribution is 5.93. The topological polar surface area (TPSA) is 6.48 Å². The summed E-state index contributed by atoms with van der Waals surface area (Å²) in [5.41, 5.74) is 10.8. The summed E-state index contributed by atoms with van der Waals surface area (Å²) in [6.45, 7) is 0. The Morgan fingerprint density at radius 3 is 1.36 bits per heavy atom. The van der Waals surface area contributed by atoms with Crippen molar-refractivity contribution in [3.05, 3.63) is 229 Å². The lowest BCUT2D eigenvalue weighted by Crippen LogP contribution is -2.32. The molecule has 1 aliphatic rings. The van der Waals surface area contributed by atoms with Crippen molar-refractivity contribution in [2.75, 3.05) is 9.80 Å². The minimum Gasteiger partial charge on any atom is -0.334 e. The molecule has 0 amide bonds. The number of fused-ring (bicyclic) bond motifs is 4. The van der Waals surface area contributed by atoms with Crippen molar-refractivity contribution >= 4 is 79.0 Å². The lowest BCUT2D eigenvalue weighted by Gasteiger charge is -2.34. The third-order valence-electron chi connectivity index (χ3n) is 11.1. The van der Waals surface area contributed by atoms with Crippen molar-refractivity contribution in [3.8, 4) is 0 Å². The molecule has 56 heavy (non-hydrogen) atoms. The molecule has 2 nitrogen and oxygen atoms in total. The first-order valence-corrected chi connectivity index (χ1v) is 19.4. The van der Waals surface area contributed by atoms with E-state index in [0.717, 1.165) is 34.6 Å². The normalized spacial score (nSPS) is 13.7. The first-order valence-electron chi connectivity index (χ1n) is 19.4. The third-order valence-corrected chi connectivity index (χ3v) is 11.1. The van der Waals surface area contributed by atoms with Crippen LogP contribution in [-0.2, 0) is 6.42 Å². The molecule has 0 heterocycles. The zero-order valence-electron chi connectivity index (χ0n) is 31.0. The standard InChI is InChI=1S/C54H40N2/c1-5-13-45-35-51(31-23-41(45)9-1)55(52-32-24-42-10-2-6-14-46(42)36-52)49-27-19-39(20-28-49)17-18-40-21-29-50(30-22-40)56(53-33-25-43-11-3-7-15-47(43)37-53)54-34-26-44-12-4-8-16-48(44)38-54/h1-37,54H,38H2/b18-17+. The Hall–Kier alpha value is -7.16. The van der Waals surface area contributed by atoms with Crippen LogP contribution in [0.1, 0.15) is 22.3 Å². The van der Waals surface area contributed by atoms with Gasteiger partial charge in [0.15, 0.2) is 0 Å². The summed E-state index contributed by atoms with van der Waals surface area (Å²) >= 11 is 0. The largest absolute Gasteiger partial charge is 0.334 e. The minimum absolute atomic E-state index is 0.203. The molecule has 9 aromatic rings. The number of benzene rings is 9. The van der Waals surface area contributed by atoms with Gasteiger partial charge in [0.25, 0.3) is 0 Å². The Kier molecular flexibility index (Phi) is 8.70. The summed E-state index contributed by atoms with van der Waals surface area (Å²) < 4.78 is 0. The Morgan fingerprint density at radius 1 is 0.375 bits per heavy atom. The summed E-state index contributed by atoms with van der Waals surface area (Å²) in [5.74, 6) is 0. The maximum atomic E-state index is 2.49. The summed E-state index contributed by atoms with van der Waals surface area (Å²) in [6.07, 6.45) is 10.0. The second kappa shape index (κ2) is 14.6.